The Morgan fingerprint density at radius 3 is 0.474 bits per heavy atom. The maximum absolute atomic E-state index is 11.9. The van der Waals surface area contributed by atoms with E-state index in [9.17, 15) is 102 Å². The van der Waals surface area contributed by atoms with Crippen LogP contribution in [0.15, 0.2) is 0 Å². The number of hydrogen-bond acceptors (Lipinski definition) is 27. The van der Waals surface area contributed by atoms with Gasteiger partial charge < -0.3 is 58.1 Å². The normalized spacial score (nSPS) is 10.5. The van der Waals surface area contributed by atoms with Gasteiger partial charge in [-0.15, -0.1) is 0 Å². The molecule has 0 atom stereocenters. The fourth-order valence-electron chi connectivity index (χ4n) is 6.43. The zero-order valence-corrected chi connectivity index (χ0v) is 45.0. The van der Waals surface area contributed by atoms with Crippen molar-refractivity contribution in [3.63, 3.8) is 0 Å². The Bertz CT molecular complexity index is 1780. The molecule has 0 unspecified atom stereocenters. The second-order valence-electron chi connectivity index (χ2n) is 16.0. The summed E-state index contributed by atoms with van der Waals surface area (Å²) < 4.78 is 27.4. The van der Waals surface area contributed by atoms with Crippen molar-refractivity contribution in [2.75, 3.05) is 39.6 Å². The monoisotopic (exact) mass is 1100 g/mol. The number of esters is 6. The van der Waals surface area contributed by atoms with Crippen molar-refractivity contribution in [2.45, 2.75) is 139 Å². The van der Waals surface area contributed by atoms with Crippen LogP contribution in [0.1, 0.15) is 139 Å². The Kier molecular flexibility index (Phi) is 38.0. The van der Waals surface area contributed by atoms with Gasteiger partial charge in [-0.25, -0.2) is 0 Å². The summed E-state index contributed by atoms with van der Waals surface area (Å²) in [5.41, 5.74) is -7.31. The van der Waals surface area contributed by atoms with E-state index in [1.54, 1.807) is 0 Å². The van der Waals surface area contributed by atoms with E-state index in [1.807, 2.05) is 0 Å². The average Bonchev–Trinajstić information content (AvgIpc) is 3.25. The zero-order chi connectivity index (χ0) is 58.9. The number of carboxylic acid groups (broad SMARTS) is 3. The van der Waals surface area contributed by atoms with E-state index in [1.165, 1.54) is 41.5 Å². The van der Waals surface area contributed by atoms with Crippen LogP contribution < -0.4 is 15.3 Å². The number of hydrogen-bond donors (Lipinski definition) is 0. The van der Waals surface area contributed by atoms with Gasteiger partial charge in [0.1, 0.15) is 90.6 Å². The molecule has 0 rings (SSSR count). The summed E-state index contributed by atoms with van der Waals surface area (Å²) in [5, 5.41) is 34.5. The van der Waals surface area contributed by atoms with Gasteiger partial charge in [0.2, 0.25) is 0 Å². The van der Waals surface area contributed by atoms with Gasteiger partial charge in [0.15, 0.2) is 0 Å². The van der Waals surface area contributed by atoms with Crippen molar-refractivity contribution in [3.05, 3.63) is 0 Å². The van der Waals surface area contributed by atoms with Crippen LogP contribution in [0.4, 0.5) is 0 Å². The molecule has 0 aliphatic carbocycles. The van der Waals surface area contributed by atoms with Crippen molar-refractivity contribution in [2.24, 2.45) is 16.2 Å². The first kappa shape index (κ1) is 75.3. The molecule has 76 heavy (non-hydrogen) atoms. The van der Waals surface area contributed by atoms with Crippen molar-refractivity contribution in [1.82, 2.24) is 0 Å². The summed E-state index contributed by atoms with van der Waals surface area (Å²) in [6, 6.07) is 0. The van der Waals surface area contributed by atoms with E-state index in [2.05, 4.69) is 28.4 Å². The minimum absolute atomic E-state index is 0. The third kappa shape index (κ3) is 28.5. The Labute approximate surface area is 447 Å². The molecule has 0 aromatic heterocycles. The van der Waals surface area contributed by atoms with Crippen molar-refractivity contribution < 1.29 is 130 Å². The summed E-state index contributed by atoms with van der Waals surface area (Å²) in [6.07, 6.45) is -9.83. The van der Waals surface area contributed by atoms with E-state index >= 15 is 0 Å². The number of carbonyl (C=O) groups is 18. The van der Waals surface area contributed by atoms with Gasteiger partial charge in [-0.05, 0) is 62.3 Å². The molecule has 0 saturated heterocycles. The molecule has 0 radical (unpaired) electrons. The van der Waals surface area contributed by atoms with Gasteiger partial charge in [-0.2, -0.15) is 0 Å². The molecule has 0 aromatic carbocycles. The first-order valence-corrected chi connectivity index (χ1v) is 23.0. The first-order chi connectivity index (χ1) is 34.8. The van der Waals surface area contributed by atoms with Crippen molar-refractivity contribution >= 4 is 123 Å². The predicted octanol–water partition coefficient (Wildman–Crippen LogP) is -2.97. The maximum Gasteiger partial charge on any atom is 3.00 e. The fourth-order valence-corrected chi connectivity index (χ4v) is 6.43. The smallest absolute Gasteiger partial charge is 0.549 e. The van der Waals surface area contributed by atoms with Gasteiger partial charge >= 0.3 is 53.2 Å². The summed E-state index contributed by atoms with van der Waals surface area (Å²) in [5.74, 6) is -19.3. The standard InChI is InChI=1S/3C16H22O9.Al/c3*1-4-24-13(20)6-11(18)8-16(10(3)17,15(22)23)9-12(19)7-14(21)25-5-2;/h3*4-9H2,1-3H3,(H,22,23);/q;;;+3/p-3. The molecule has 420 valence electrons. The van der Waals surface area contributed by atoms with Gasteiger partial charge in [0.05, 0.1) is 73.8 Å². The summed E-state index contributed by atoms with van der Waals surface area (Å²) in [4.78, 5) is 209. The molecule has 0 aromatic rings. The zero-order valence-electron chi connectivity index (χ0n) is 43.8. The van der Waals surface area contributed by atoms with Gasteiger partial charge in [-0.1, -0.05) is 0 Å². The van der Waals surface area contributed by atoms with E-state index in [0.717, 1.165) is 20.8 Å². The molecule has 0 spiro atoms. The van der Waals surface area contributed by atoms with Crippen LogP contribution >= 0.6 is 0 Å². The molecule has 0 fully saturated rings. The number of carbonyl (C=O) groups excluding carboxylic acids is 18. The van der Waals surface area contributed by atoms with Crippen LogP contribution in [0.25, 0.3) is 0 Å². The first-order valence-electron chi connectivity index (χ1n) is 23.0. The Morgan fingerprint density at radius 1 is 0.276 bits per heavy atom. The van der Waals surface area contributed by atoms with Crippen LogP contribution in [0.3, 0.4) is 0 Å². The molecule has 27 nitrogen and oxygen atoms in total. The van der Waals surface area contributed by atoms with Crippen LogP contribution in [-0.2, 0) is 115 Å². The van der Waals surface area contributed by atoms with Gasteiger partial charge in [-0.3, -0.25) is 71.9 Å². The topological polar surface area (TPSA) is 432 Å². The second kappa shape index (κ2) is 38.4. The number of rotatable bonds is 36. The molecule has 0 N–H and O–H groups in total. The Morgan fingerprint density at radius 2 is 0.395 bits per heavy atom. The predicted molar refractivity (Wildman–Crippen MR) is 245 cm³/mol. The quantitative estimate of drug-likeness (QED) is 0.0262. The summed E-state index contributed by atoms with van der Waals surface area (Å²) >= 11 is 0. The van der Waals surface area contributed by atoms with Crippen LogP contribution in [0.5, 0.6) is 0 Å². The molecule has 0 aliphatic heterocycles. The molecule has 0 amide bonds. The maximum atomic E-state index is 11.9. The summed E-state index contributed by atoms with van der Waals surface area (Å²) in [7, 11) is 0. The Hall–Kier alpha value is -7.21. The fraction of sp³-hybridized carbons (Fsp3) is 0.625. The number of Topliss-reactive ketones (excluding diaryl/α,β-unsaturated/α-hetero) is 9. The largest absolute Gasteiger partial charge is 3.00 e. The molecular formula is C48H63AlO27. The van der Waals surface area contributed by atoms with Crippen molar-refractivity contribution in [3.8, 4) is 0 Å². The van der Waals surface area contributed by atoms with Gasteiger partial charge in [0, 0.05) is 38.5 Å². The Balaban J connectivity index is -0.000000508. The number of carboxylic acids is 3. The molecule has 0 saturated carbocycles. The second-order valence-corrected chi connectivity index (χ2v) is 16.0. The van der Waals surface area contributed by atoms with E-state index in [4.69, 9.17) is 0 Å². The summed E-state index contributed by atoms with van der Waals surface area (Å²) in [6.45, 7) is 12.0. The average molecular weight is 1100 g/mol. The molecule has 0 bridgehead atoms. The van der Waals surface area contributed by atoms with Crippen LogP contribution in [0.2, 0.25) is 0 Å². The van der Waals surface area contributed by atoms with Crippen LogP contribution in [0, 0.1) is 16.2 Å². The van der Waals surface area contributed by atoms with E-state index in [-0.39, 0.29) is 57.0 Å². The minimum Gasteiger partial charge on any atom is -0.549 e. The number of ketones is 9. The van der Waals surface area contributed by atoms with E-state index < -0.39 is 199 Å². The van der Waals surface area contributed by atoms with E-state index in [0.29, 0.717) is 0 Å². The minimum atomic E-state index is -2.44. The third-order valence-corrected chi connectivity index (χ3v) is 10.1. The SMILES string of the molecule is CCOC(=O)CC(=O)CC(CC(=O)CC(=O)OCC)(C(C)=O)C(=O)[O-].CCOC(=O)CC(=O)CC(CC(=O)CC(=O)OCC)(C(C)=O)C(=O)[O-].CCOC(=O)CC(=O)CC(CC(=O)CC(=O)OCC)(C(C)=O)C(=O)[O-].[Al+3]. The van der Waals surface area contributed by atoms with Gasteiger partial charge in [0.25, 0.3) is 0 Å². The molecule has 0 aliphatic rings. The number of ether oxygens (including phenoxy) is 6. The molecular weight excluding hydrogens is 1040 g/mol. The van der Waals surface area contributed by atoms with Crippen molar-refractivity contribution in [1.29, 1.82) is 0 Å². The third-order valence-electron chi connectivity index (χ3n) is 10.1. The van der Waals surface area contributed by atoms with Crippen LogP contribution in [-0.4, -0.2) is 163 Å². The number of aliphatic carboxylic acids is 3. The molecule has 0 heterocycles. The molecule has 28 heteroatoms.